The van der Waals surface area contributed by atoms with Crippen molar-refractivity contribution in [3.8, 4) is 0 Å². The highest BCUT2D eigenvalue weighted by Gasteiger charge is 2.31. The average molecular weight is 653 g/mol. The van der Waals surface area contributed by atoms with Crippen LogP contribution in [0.15, 0.2) is 34.9 Å². The van der Waals surface area contributed by atoms with Crippen LogP contribution in [0.3, 0.4) is 0 Å². The fourth-order valence-electron chi connectivity index (χ4n) is 4.40. The SMILES string of the molecule is CC(C)(C)OC(=O)N[C@H](Cc1cc2c(N(Cc3ccccc3F)C(=O)OC(C)(C)C)nc(Cl)nn2c1Br)CC1CC1. The summed E-state index contributed by atoms with van der Waals surface area (Å²) in [5, 5.41) is 7.25. The number of alkyl carbamates (subject to hydrolysis) is 1. The normalized spacial score (nSPS) is 14.6. The van der Waals surface area contributed by atoms with Crippen molar-refractivity contribution < 1.29 is 23.5 Å². The van der Waals surface area contributed by atoms with E-state index in [2.05, 4.69) is 31.3 Å². The second-order valence-electron chi connectivity index (χ2n) is 12.3. The monoisotopic (exact) mass is 651 g/mol. The van der Waals surface area contributed by atoms with E-state index in [1.165, 1.54) is 11.0 Å². The first-order valence-electron chi connectivity index (χ1n) is 13.6. The topological polar surface area (TPSA) is 98.1 Å². The highest BCUT2D eigenvalue weighted by molar-refractivity contribution is 9.10. The van der Waals surface area contributed by atoms with Crippen molar-refractivity contribution >= 4 is 51.1 Å². The standard InChI is InChI=1S/C29H36BrClFN5O4/c1-28(2,3)40-26(38)33-20(13-17-11-12-17)14-19-15-22-24(34-25(31)35-37(22)23(19)30)36(27(39)41-29(4,5)6)16-18-9-7-8-10-21(18)32/h7-10,15,17,20H,11-14,16H2,1-6H3,(H,33,38)/t20-/m0/s1. The maximum Gasteiger partial charge on any atom is 0.416 e. The zero-order chi connectivity index (χ0) is 30.1. The summed E-state index contributed by atoms with van der Waals surface area (Å²) in [6.45, 7) is 10.6. The molecule has 1 atom stereocenters. The molecule has 2 heterocycles. The van der Waals surface area contributed by atoms with E-state index in [-0.39, 0.29) is 29.3 Å². The lowest BCUT2D eigenvalue weighted by molar-refractivity contribution is 0.0498. The number of carbonyl (C=O) groups is 2. The minimum Gasteiger partial charge on any atom is -0.444 e. The van der Waals surface area contributed by atoms with Crippen LogP contribution in [-0.2, 0) is 22.4 Å². The molecule has 12 heteroatoms. The summed E-state index contributed by atoms with van der Waals surface area (Å²) < 4.78 is 28.0. The van der Waals surface area contributed by atoms with E-state index in [1.54, 1.807) is 43.5 Å². The summed E-state index contributed by atoms with van der Waals surface area (Å²) in [7, 11) is 0. The predicted molar refractivity (Wildman–Crippen MR) is 159 cm³/mol. The Bertz CT molecular complexity index is 1430. The molecule has 1 aliphatic rings. The van der Waals surface area contributed by atoms with Gasteiger partial charge in [-0.15, -0.1) is 5.10 Å². The van der Waals surface area contributed by atoms with Crippen LogP contribution in [0.2, 0.25) is 5.28 Å². The number of nitrogens with one attached hydrogen (secondary N) is 1. The minimum absolute atomic E-state index is 0.112. The van der Waals surface area contributed by atoms with Gasteiger partial charge in [-0.3, -0.25) is 4.90 Å². The van der Waals surface area contributed by atoms with Crippen molar-refractivity contribution in [2.24, 2.45) is 5.92 Å². The molecular weight excluding hydrogens is 617 g/mol. The van der Waals surface area contributed by atoms with Crippen molar-refractivity contribution in [2.75, 3.05) is 4.90 Å². The molecule has 0 radical (unpaired) electrons. The van der Waals surface area contributed by atoms with Crippen LogP contribution in [0.25, 0.3) is 5.52 Å². The van der Waals surface area contributed by atoms with Crippen molar-refractivity contribution in [1.82, 2.24) is 19.9 Å². The van der Waals surface area contributed by atoms with Gasteiger partial charge >= 0.3 is 12.2 Å². The second-order valence-corrected chi connectivity index (χ2v) is 13.4. The van der Waals surface area contributed by atoms with E-state index in [4.69, 9.17) is 21.1 Å². The fraction of sp³-hybridized carbons (Fsp3) is 0.517. The summed E-state index contributed by atoms with van der Waals surface area (Å²) in [6.07, 6.45) is 2.32. The Morgan fingerprint density at radius 1 is 1.15 bits per heavy atom. The van der Waals surface area contributed by atoms with Gasteiger partial charge in [0.25, 0.3) is 0 Å². The molecule has 0 bridgehead atoms. The lowest BCUT2D eigenvalue weighted by Gasteiger charge is -2.27. The molecule has 9 nitrogen and oxygen atoms in total. The lowest BCUT2D eigenvalue weighted by atomic mass is 10.0. The predicted octanol–water partition coefficient (Wildman–Crippen LogP) is 7.46. The van der Waals surface area contributed by atoms with Gasteiger partial charge in [-0.2, -0.15) is 4.98 Å². The van der Waals surface area contributed by atoms with Crippen molar-refractivity contribution in [2.45, 2.75) is 91.0 Å². The average Bonchev–Trinajstić information content (AvgIpc) is 3.59. The summed E-state index contributed by atoms with van der Waals surface area (Å²) in [5.41, 5.74) is 0.127. The van der Waals surface area contributed by atoms with E-state index in [1.807, 2.05) is 26.8 Å². The first-order chi connectivity index (χ1) is 19.1. The molecule has 1 N–H and O–H groups in total. The van der Waals surface area contributed by atoms with Crippen LogP contribution < -0.4 is 10.2 Å². The number of benzene rings is 1. The number of aromatic nitrogens is 3. The molecule has 1 saturated carbocycles. The van der Waals surface area contributed by atoms with E-state index in [0.717, 1.165) is 24.8 Å². The number of fused-ring (bicyclic) bond motifs is 1. The van der Waals surface area contributed by atoms with Crippen LogP contribution in [0, 0.1) is 11.7 Å². The zero-order valence-corrected chi connectivity index (χ0v) is 26.5. The molecule has 41 heavy (non-hydrogen) atoms. The lowest BCUT2D eigenvalue weighted by Crippen LogP contribution is -2.40. The zero-order valence-electron chi connectivity index (χ0n) is 24.1. The number of hydrogen-bond donors (Lipinski definition) is 1. The molecular formula is C29H36BrClFN5O4. The molecule has 0 unspecified atom stereocenters. The largest absolute Gasteiger partial charge is 0.444 e. The van der Waals surface area contributed by atoms with Gasteiger partial charge in [-0.1, -0.05) is 31.0 Å². The Morgan fingerprint density at radius 3 is 2.41 bits per heavy atom. The van der Waals surface area contributed by atoms with Gasteiger partial charge in [0.15, 0.2) is 5.82 Å². The van der Waals surface area contributed by atoms with Crippen molar-refractivity contribution in [3.63, 3.8) is 0 Å². The molecule has 2 amide bonds. The van der Waals surface area contributed by atoms with Crippen LogP contribution >= 0.6 is 27.5 Å². The maximum atomic E-state index is 14.7. The second kappa shape index (κ2) is 12.1. The first-order valence-corrected chi connectivity index (χ1v) is 14.7. The Balaban J connectivity index is 1.73. The number of rotatable bonds is 8. The molecule has 1 aliphatic carbocycles. The third kappa shape index (κ3) is 8.54. The van der Waals surface area contributed by atoms with Gasteiger partial charge in [0.05, 0.1) is 6.54 Å². The van der Waals surface area contributed by atoms with Crippen LogP contribution in [0.4, 0.5) is 19.8 Å². The summed E-state index contributed by atoms with van der Waals surface area (Å²) >= 11 is 9.98. The van der Waals surface area contributed by atoms with Crippen molar-refractivity contribution in [3.05, 3.63) is 57.2 Å². The summed E-state index contributed by atoms with van der Waals surface area (Å²) in [6, 6.07) is 7.84. The number of amides is 2. The van der Waals surface area contributed by atoms with Gasteiger partial charge in [0, 0.05) is 11.6 Å². The third-order valence-electron chi connectivity index (χ3n) is 6.26. The minimum atomic E-state index is -0.811. The molecule has 4 rings (SSSR count). The number of anilines is 1. The number of hydrogen-bond acceptors (Lipinski definition) is 6. The number of halogens is 3. The van der Waals surface area contributed by atoms with Gasteiger partial charge < -0.3 is 14.8 Å². The molecule has 3 aromatic rings. The van der Waals surface area contributed by atoms with Crippen molar-refractivity contribution in [1.29, 1.82) is 0 Å². The van der Waals surface area contributed by atoms with E-state index in [9.17, 15) is 14.0 Å². The number of nitrogens with zero attached hydrogens (tertiary/aromatic N) is 4. The molecule has 0 aliphatic heterocycles. The molecule has 0 spiro atoms. The maximum absolute atomic E-state index is 14.7. The molecule has 222 valence electrons. The number of carbonyl (C=O) groups excluding carboxylic acids is 2. The smallest absolute Gasteiger partial charge is 0.416 e. The summed E-state index contributed by atoms with van der Waals surface area (Å²) in [4.78, 5) is 31.7. The third-order valence-corrected chi connectivity index (χ3v) is 7.26. The Kier molecular flexibility index (Phi) is 9.18. The molecule has 1 fully saturated rings. The van der Waals surface area contributed by atoms with E-state index < -0.39 is 29.2 Å². The van der Waals surface area contributed by atoms with Gasteiger partial charge in [0.2, 0.25) is 5.28 Å². The fourth-order valence-corrected chi connectivity index (χ4v) is 5.11. The Morgan fingerprint density at radius 2 is 1.80 bits per heavy atom. The Labute approximate surface area is 252 Å². The first kappa shape index (κ1) is 31.0. The van der Waals surface area contributed by atoms with E-state index >= 15 is 0 Å². The van der Waals surface area contributed by atoms with E-state index in [0.29, 0.717) is 22.5 Å². The van der Waals surface area contributed by atoms with Gasteiger partial charge in [-0.25, -0.2) is 18.5 Å². The van der Waals surface area contributed by atoms with Gasteiger partial charge in [-0.05, 0) is 106 Å². The van der Waals surface area contributed by atoms with Gasteiger partial charge in [0.1, 0.15) is 27.1 Å². The summed E-state index contributed by atoms with van der Waals surface area (Å²) in [5.74, 6) is 0.234. The highest BCUT2D eigenvalue weighted by Crippen LogP contribution is 2.36. The van der Waals surface area contributed by atoms with Crippen LogP contribution in [0.5, 0.6) is 0 Å². The van der Waals surface area contributed by atoms with Crippen LogP contribution in [-0.4, -0.2) is 44.0 Å². The number of ether oxygens (including phenoxy) is 2. The molecule has 2 aromatic heterocycles. The quantitative estimate of drug-likeness (QED) is 0.271. The molecule has 1 aromatic carbocycles. The highest BCUT2D eigenvalue weighted by atomic mass is 79.9. The Hall–Kier alpha value is -2.92. The van der Waals surface area contributed by atoms with Crippen LogP contribution in [0.1, 0.15) is 71.9 Å². The molecule has 0 saturated heterocycles.